The molecule has 2 rings (SSSR count). The van der Waals surface area contributed by atoms with Crippen LogP contribution in [0, 0.1) is 6.92 Å². The van der Waals surface area contributed by atoms with Crippen molar-refractivity contribution >= 4 is 5.78 Å². The van der Waals surface area contributed by atoms with Crippen LogP contribution in [0.5, 0.6) is 0 Å². The molecule has 0 fully saturated rings. The highest BCUT2D eigenvalue weighted by atomic mass is 16.1. The number of nitrogens with zero attached hydrogens (tertiary/aromatic N) is 2. The average molecular weight is 228 g/mol. The van der Waals surface area contributed by atoms with Crippen LogP contribution in [0.1, 0.15) is 29.4 Å². The summed E-state index contributed by atoms with van der Waals surface area (Å²) in [7, 11) is 1.92. The van der Waals surface area contributed by atoms with Gasteiger partial charge in [-0.15, -0.1) is 0 Å². The summed E-state index contributed by atoms with van der Waals surface area (Å²) < 4.78 is 1.85. The van der Waals surface area contributed by atoms with E-state index in [-0.39, 0.29) is 5.78 Å². The van der Waals surface area contributed by atoms with Gasteiger partial charge < -0.3 is 0 Å². The van der Waals surface area contributed by atoms with Crippen LogP contribution >= 0.6 is 0 Å². The number of carbonyl (C=O) groups is 1. The maximum Gasteiger partial charge on any atom is 0.162 e. The molecule has 0 aliphatic carbocycles. The Balaban J connectivity index is 2.36. The van der Waals surface area contributed by atoms with Gasteiger partial charge in [0, 0.05) is 30.3 Å². The highest BCUT2D eigenvalue weighted by Gasteiger charge is 2.07. The summed E-state index contributed by atoms with van der Waals surface area (Å²) >= 11 is 0. The Kier molecular flexibility index (Phi) is 3.09. The van der Waals surface area contributed by atoms with Crippen molar-refractivity contribution < 1.29 is 4.79 Å². The Hall–Kier alpha value is -1.90. The maximum atomic E-state index is 11.5. The van der Waals surface area contributed by atoms with Gasteiger partial charge in [-0.25, -0.2) is 0 Å². The van der Waals surface area contributed by atoms with Gasteiger partial charge >= 0.3 is 0 Å². The van der Waals surface area contributed by atoms with Crippen LogP contribution in [0.2, 0.25) is 0 Å². The number of hydrogen-bond acceptors (Lipinski definition) is 2. The van der Waals surface area contributed by atoms with Crippen molar-refractivity contribution in [1.29, 1.82) is 0 Å². The van der Waals surface area contributed by atoms with Crippen LogP contribution < -0.4 is 0 Å². The van der Waals surface area contributed by atoms with Gasteiger partial charge in [0.25, 0.3) is 0 Å². The molecule has 0 aliphatic heterocycles. The monoisotopic (exact) mass is 228 g/mol. The Bertz CT molecular complexity index is 538. The molecule has 0 aliphatic rings. The molecule has 1 aromatic carbocycles. The Labute approximate surface area is 101 Å². The van der Waals surface area contributed by atoms with Crippen molar-refractivity contribution in [3.05, 3.63) is 41.7 Å². The number of ketones is 1. The third-order valence-corrected chi connectivity index (χ3v) is 3.07. The van der Waals surface area contributed by atoms with Gasteiger partial charge in [-0.1, -0.05) is 31.2 Å². The molecule has 0 saturated carbocycles. The Morgan fingerprint density at radius 1 is 1.29 bits per heavy atom. The molecule has 0 amide bonds. The molecule has 3 nitrogen and oxygen atoms in total. The van der Waals surface area contributed by atoms with Gasteiger partial charge in [-0.05, 0) is 12.5 Å². The molecule has 0 atom stereocenters. The van der Waals surface area contributed by atoms with Crippen LogP contribution in [0.25, 0.3) is 11.1 Å². The molecule has 17 heavy (non-hydrogen) atoms. The summed E-state index contributed by atoms with van der Waals surface area (Å²) in [6.45, 7) is 3.91. The van der Waals surface area contributed by atoms with Crippen molar-refractivity contribution in [2.45, 2.75) is 20.3 Å². The highest BCUT2D eigenvalue weighted by Crippen LogP contribution is 2.23. The Morgan fingerprint density at radius 3 is 2.41 bits per heavy atom. The second-order valence-electron chi connectivity index (χ2n) is 4.12. The first-order valence-electron chi connectivity index (χ1n) is 5.75. The molecule has 0 unspecified atom stereocenters. The molecule has 0 radical (unpaired) electrons. The second kappa shape index (κ2) is 4.53. The number of hydrogen-bond donors (Lipinski definition) is 0. The minimum Gasteiger partial charge on any atom is -0.294 e. The predicted octanol–water partition coefficient (Wildman–Crippen LogP) is 2.99. The van der Waals surface area contributed by atoms with Crippen molar-refractivity contribution in [3.8, 4) is 11.1 Å². The molecular weight excluding hydrogens is 212 g/mol. The summed E-state index contributed by atoms with van der Waals surface area (Å²) in [5.41, 5.74) is 4.11. The lowest BCUT2D eigenvalue weighted by Gasteiger charge is -2.02. The van der Waals surface area contributed by atoms with E-state index in [0.29, 0.717) is 6.42 Å². The summed E-state index contributed by atoms with van der Waals surface area (Å²) in [4.78, 5) is 11.5. The third kappa shape index (κ3) is 2.13. The third-order valence-electron chi connectivity index (χ3n) is 3.07. The van der Waals surface area contributed by atoms with Crippen molar-refractivity contribution in [2.24, 2.45) is 7.05 Å². The van der Waals surface area contributed by atoms with Gasteiger partial charge in [0.1, 0.15) is 0 Å². The standard InChI is InChI=1S/C14H16N2O/c1-4-14(17)12-7-5-11(6-8-12)13-9-15-16(3)10(13)2/h5-9H,4H2,1-3H3. The number of benzene rings is 1. The van der Waals surface area contributed by atoms with Gasteiger partial charge in [0.15, 0.2) is 5.78 Å². The summed E-state index contributed by atoms with van der Waals surface area (Å²) in [5, 5.41) is 4.22. The van der Waals surface area contributed by atoms with Crippen LogP contribution in [-0.4, -0.2) is 15.6 Å². The van der Waals surface area contributed by atoms with Gasteiger partial charge in [-0.3, -0.25) is 9.48 Å². The fraction of sp³-hybridized carbons (Fsp3) is 0.286. The number of rotatable bonds is 3. The highest BCUT2D eigenvalue weighted by molar-refractivity contribution is 5.96. The van der Waals surface area contributed by atoms with Crippen molar-refractivity contribution in [3.63, 3.8) is 0 Å². The molecule has 0 bridgehead atoms. The molecule has 2 aromatic rings. The Morgan fingerprint density at radius 2 is 1.94 bits per heavy atom. The second-order valence-corrected chi connectivity index (χ2v) is 4.12. The predicted molar refractivity (Wildman–Crippen MR) is 68.0 cm³/mol. The maximum absolute atomic E-state index is 11.5. The average Bonchev–Trinajstić information content (AvgIpc) is 2.69. The summed E-state index contributed by atoms with van der Waals surface area (Å²) in [6.07, 6.45) is 2.40. The van der Waals surface area contributed by atoms with Crippen LogP contribution in [0.15, 0.2) is 30.5 Å². The molecule has 1 heterocycles. The molecule has 0 spiro atoms. The zero-order valence-corrected chi connectivity index (χ0v) is 10.4. The first kappa shape index (κ1) is 11.6. The van der Waals surface area contributed by atoms with E-state index in [9.17, 15) is 4.79 Å². The molecule has 0 saturated heterocycles. The van der Waals surface area contributed by atoms with E-state index in [1.165, 1.54) is 0 Å². The number of aromatic nitrogens is 2. The van der Waals surface area contributed by atoms with E-state index in [4.69, 9.17) is 0 Å². The lowest BCUT2D eigenvalue weighted by molar-refractivity contribution is 0.0988. The van der Waals surface area contributed by atoms with Crippen LogP contribution in [0.4, 0.5) is 0 Å². The van der Waals surface area contributed by atoms with Gasteiger partial charge in [0.05, 0.1) is 6.20 Å². The molecule has 0 N–H and O–H groups in total. The quantitative estimate of drug-likeness (QED) is 0.757. The van der Waals surface area contributed by atoms with E-state index in [1.807, 2.05) is 56.0 Å². The van der Waals surface area contributed by atoms with Crippen molar-refractivity contribution in [1.82, 2.24) is 9.78 Å². The lowest BCUT2D eigenvalue weighted by atomic mass is 10.0. The number of carbonyl (C=O) groups excluding carboxylic acids is 1. The smallest absolute Gasteiger partial charge is 0.162 e. The van der Waals surface area contributed by atoms with Crippen molar-refractivity contribution in [2.75, 3.05) is 0 Å². The number of Topliss-reactive ketones (excluding diaryl/α,β-unsaturated/α-hetero) is 1. The van der Waals surface area contributed by atoms with E-state index in [1.54, 1.807) is 0 Å². The topological polar surface area (TPSA) is 34.9 Å². The zero-order valence-electron chi connectivity index (χ0n) is 10.4. The summed E-state index contributed by atoms with van der Waals surface area (Å²) in [5.74, 6) is 0.180. The zero-order chi connectivity index (χ0) is 12.4. The van der Waals surface area contributed by atoms with E-state index >= 15 is 0 Å². The summed E-state index contributed by atoms with van der Waals surface area (Å²) in [6, 6.07) is 7.72. The molecular formula is C14H16N2O. The van der Waals surface area contributed by atoms with Crippen LogP contribution in [-0.2, 0) is 7.05 Å². The fourth-order valence-electron chi connectivity index (χ4n) is 1.82. The molecule has 3 heteroatoms. The SMILES string of the molecule is CCC(=O)c1ccc(-c2cnn(C)c2C)cc1. The molecule has 88 valence electrons. The van der Waals surface area contributed by atoms with Crippen LogP contribution in [0.3, 0.4) is 0 Å². The first-order chi connectivity index (χ1) is 8.13. The van der Waals surface area contributed by atoms with Gasteiger partial charge in [0.2, 0.25) is 0 Å². The van der Waals surface area contributed by atoms with Gasteiger partial charge in [-0.2, -0.15) is 5.10 Å². The lowest BCUT2D eigenvalue weighted by Crippen LogP contribution is -1.96. The minimum absolute atomic E-state index is 0.180. The normalized spacial score (nSPS) is 10.5. The fourth-order valence-corrected chi connectivity index (χ4v) is 1.82. The first-order valence-corrected chi connectivity index (χ1v) is 5.75. The van der Waals surface area contributed by atoms with E-state index in [2.05, 4.69) is 5.10 Å². The molecule has 1 aromatic heterocycles. The minimum atomic E-state index is 0.180. The number of aryl methyl sites for hydroxylation is 1. The van der Waals surface area contributed by atoms with E-state index < -0.39 is 0 Å². The largest absolute Gasteiger partial charge is 0.294 e. The van der Waals surface area contributed by atoms with E-state index in [0.717, 1.165) is 22.4 Å².